The SMILES string of the molecule is CCc1nn(C)c(CC)c1CNC(=O)Cc1sc(=S)[nH]c1C. The van der Waals surface area contributed by atoms with Gasteiger partial charge >= 0.3 is 0 Å². The first kappa shape index (κ1) is 16.9. The molecule has 5 nitrogen and oxygen atoms in total. The van der Waals surface area contributed by atoms with E-state index in [2.05, 4.69) is 29.2 Å². The quantitative estimate of drug-likeness (QED) is 0.796. The molecule has 2 heterocycles. The molecular weight excluding hydrogens is 316 g/mol. The molecule has 0 aromatic carbocycles. The molecule has 0 fully saturated rings. The third-order valence-electron chi connectivity index (χ3n) is 3.73. The minimum Gasteiger partial charge on any atom is -0.352 e. The zero-order valence-corrected chi connectivity index (χ0v) is 15.1. The van der Waals surface area contributed by atoms with E-state index in [1.54, 1.807) is 0 Å². The second-order valence-corrected chi connectivity index (χ2v) is 6.99. The maximum Gasteiger partial charge on any atom is 0.225 e. The molecule has 0 spiro atoms. The van der Waals surface area contributed by atoms with Gasteiger partial charge in [0.05, 0.1) is 12.1 Å². The summed E-state index contributed by atoms with van der Waals surface area (Å²) in [4.78, 5) is 16.2. The highest BCUT2D eigenvalue weighted by Gasteiger charge is 2.15. The number of aryl methyl sites for hydroxylation is 3. The Kier molecular flexibility index (Phi) is 5.52. The smallest absolute Gasteiger partial charge is 0.225 e. The summed E-state index contributed by atoms with van der Waals surface area (Å²) in [7, 11) is 1.96. The molecule has 0 atom stereocenters. The van der Waals surface area contributed by atoms with Crippen LogP contribution in [0.4, 0.5) is 0 Å². The summed E-state index contributed by atoms with van der Waals surface area (Å²) in [6.45, 7) is 6.68. The summed E-state index contributed by atoms with van der Waals surface area (Å²) in [5.74, 6) is 0.0151. The number of hydrogen-bond acceptors (Lipinski definition) is 4. The highest BCUT2D eigenvalue weighted by molar-refractivity contribution is 7.73. The van der Waals surface area contributed by atoms with Crippen LogP contribution in [0.1, 0.15) is 41.4 Å². The van der Waals surface area contributed by atoms with Gasteiger partial charge in [-0.3, -0.25) is 9.48 Å². The van der Waals surface area contributed by atoms with Crippen molar-refractivity contribution in [2.45, 2.75) is 46.6 Å². The van der Waals surface area contributed by atoms with Crippen LogP contribution in [0.3, 0.4) is 0 Å². The molecule has 2 rings (SSSR count). The topological polar surface area (TPSA) is 62.7 Å². The van der Waals surface area contributed by atoms with Crippen molar-refractivity contribution in [3.05, 3.63) is 31.5 Å². The zero-order valence-electron chi connectivity index (χ0n) is 13.4. The average Bonchev–Trinajstić information content (AvgIpc) is 2.95. The van der Waals surface area contributed by atoms with Gasteiger partial charge in [0, 0.05) is 35.4 Å². The largest absolute Gasteiger partial charge is 0.352 e. The molecule has 0 radical (unpaired) electrons. The normalized spacial score (nSPS) is 10.9. The second kappa shape index (κ2) is 7.19. The van der Waals surface area contributed by atoms with E-state index in [1.165, 1.54) is 17.0 Å². The lowest BCUT2D eigenvalue weighted by Crippen LogP contribution is -2.25. The molecule has 2 aromatic rings. The van der Waals surface area contributed by atoms with Gasteiger partial charge in [-0.2, -0.15) is 5.10 Å². The third-order valence-corrected chi connectivity index (χ3v) is 5.07. The Morgan fingerprint density at radius 3 is 2.68 bits per heavy atom. The van der Waals surface area contributed by atoms with Crippen LogP contribution in [0.15, 0.2) is 0 Å². The molecule has 0 aliphatic heterocycles. The standard InChI is InChI=1S/C15H22N4OS2/c1-5-11-10(12(6-2)19(4)18-11)8-16-14(20)7-13-9(3)17-15(21)22-13/h5-8H2,1-4H3,(H,16,20)(H,17,21). The first-order valence-electron chi connectivity index (χ1n) is 7.45. The zero-order chi connectivity index (χ0) is 16.3. The van der Waals surface area contributed by atoms with E-state index in [9.17, 15) is 4.79 Å². The number of carbonyl (C=O) groups excluding carboxylic acids is 1. The molecule has 0 saturated carbocycles. The number of nitrogens with one attached hydrogen (secondary N) is 2. The van der Waals surface area contributed by atoms with Crippen molar-refractivity contribution in [2.75, 3.05) is 0 Å². The summed E-state index contributed by atoms with van der Waals surface area (Å²) in [6, 6.07) is 0. The van der Waals surface area contributed by atoms with Gasteiger partial charge in [0.15, 0.2) is 3.95 Å². The number of nitrogens with zero attached hydrogens (tertiary/aromatic N) is 2. The van der Waals surface area contributed by atoms with Gasteiger partial charge in [-0.05, 0) is 32.0 Å². The van der Waals surface area contributed by atoms with Crippen molar-refractivity contribution in [3.63, 3.8) is 0 Å². The number of thiazole rings is 1. The maximum absolute atomic E-state index is 12.2. The summed E-state index contributed by atoms with van der Waals surface area (Å²) >= 11 is 6.57. The number of hydrogen-bond donors (Lipinski definition) is 2. The molecular formula is C15H22N4OS2. The van der Waals surface area contributed by atoms with Gasteiger partial charge in [-0.1, -0.05) is 13.8 Å². The van der Waals surface area contributed by atoms with Crippen LogP contribution in [-0.2, 0) is 37.6 Å². The molecule has 2 N–H and O–H groups in total. The van der Waals surface area contributed by atoms with E-state index in [4.69, 9.17) is 12.2 Å². The fraction of sp³-hybridized carbons (Fsp3) is 0.533. The number of H-pyrrole nitrogens is 1. The van der Waals surface area contributed by atoms with Crippen LogP contribution < -0.4 is 5.32 Å². The predicted molar refractivity (Wildman–Crippen MR) is 91.8 cm³/mol. The van der Waals surface area contributed by atoms with Crippen LogP contribution in [0.25, 0.3) is 0 Å². The Morgan fingerprint density at radius 1 is 1.41 bits per heavy atom. The van der Waals surface area contributed by atoms with Crippen molar-refractivity contribution in [2.24, 2.45) is 7.05 Å². The molecule has 0 unspecified atom stereocenters. The minimum absolute atomic E-state index is 0.0151. The first-order valence-corrected chi connectivity index (χ1v) is 8.67. The number of carbonyl (C=O) groups is 1. The molecule has 120 valence electrons. The monoisotopic (exact) mass is 338 g/mol. The molecule has 1 amide bonds. The van der Waals surface area contributed by atoms with Crippen molar-refractivity contribution < 1.29 is 4.79 Å². The van der Waals surface area contributed by atoms with E-state index in [0.29, 0.717) is 16.9 Å². The average molecular weight is 339 g/mol. The van der Waals surface area contributed by atoms with Crippen molar-refractivity contribution in [1.82, 2.24) is 20.1 Å². The fourth-order valence-electron chi connectivity index (χ4n) is 2.59. The van der Waals surface area contributed by atoms with Gasteiger partial charge in [-0.25, -0.2) is 0 Å². The Hall–Kier alpha value is -1.47. The maximum atomic E-state index is 12.2. The highest BCUT2D eigenvalue weighted by Crippen LogP contribution is 2.17. The van der Waals surface area contributed by atoms with Crippen LogP contribution >= 0.6 is 23.6 Å². The van der Waals surface area contributed by atoms with Gasteiger partial charge in [0.25, 0.3) is 0 Å². The van der Waals surface area contributed by atoms with Crippen molar-refractivity contribution >= 4 is 29.5 Å². The first-order chi connectivity index (χ1) is 10.5. The Labute approximate surface area is 139 Å². The molecule has 2 aromatic heterocycles. The van der Waals surface area contributed by atoms with Gasteiger partial charge < -0.3 is 10.3 Å². The van der Waals surface area contributed by atoms with Gasteiger partial charge in [-0.15, -0.1) is 11.3 Å². The van der Waals surface area contributed by atoms with Crippen molar-refractivity contribution in [3.8, 4) is 0 Å². The van der Waals surface area contributed by atoms with Gasteiger partial charge in [0.2, 0.25) is 5.91 Å². The highest BCUT2D eigenvalue weighted by atomic mass is 32.1. The lowest BCUT2D eigenvalue weighted by molar-refractivity contribution is -0.120. The van der Waals surface area contributed by atoms with Crippen molar-refractivity contribution in [1.29, 1.82) is 0 Å². The van der Waals surface area contributed by atoms with Crippen LogP contribution in [0.5, 0.6) is 0 Å². The number of aromatic nitrogens is 3. The lowest BCUT2D eigenvalue weighted by atomic mass is 10.1. The van der Waals surface area contributed by atoms with E-state index in [1.807, 2.05) is 18.7 Å². The predicted octanol–water partition coefficient (Wildman–Crippen LogP) is 2.83. The van der Waals surface area contributed by atoms with E-state index >= 15 is 0 Å². The van der Waals surface area contributed by atoms with E-state index in [0.717, 1.165) is 34.7 Å². The summed E-state index contributed by atoms with van der Waals surface area (Å²) < 4.78 is 2.64. The third kappa shape index (κ3) is 3.64. The van der Waals surface area contributed by atoms with Crippen LogP contribution in [-0.4, -0.2) is 20.7 Å². The van der Waals surface area contributed by atoms with E-state index < -0.39 is 0 Å². The Bertz CT molecular complexity index is 726. The minimum atomic E-state index is 0.0151. The Morgan fingerprint density at radius 2 is 2.14 bits per heavy atom. The molecule has 7 heteroatoms. The molecule has 0 bridgehead atoms. The number of aromatic amines is 1. The molecule has 22 heavy (non-hydrogen) atoms. The Balaban J connectivity index is 2.05. The number of rotatable bonds is 6. The molecule has 0 saturated heterocycles. The van der Waals surface area contributed by atoms with Crippen LogP contribution in [0.2, 0.25) is 0 Å². The molecule has 0 aliphatic rings. The van der Waals surface area contributed by atoms with E-state index in [-0.39, 0.29) is 5.91 Å². The molecule has 0 aliphatic carbocycles. The van der Waals surface area contributed by atoms with Gasteiger partial charge in [0.1, 0.15) is 0 Å². The summed E-state index contributed by atoms with van der Waals surface area (Å²) in [5.41, 5.74) is 4.38. The van der Waals surface area contributed by atoms with Crippen LogP contribution in [0, 0.1) is 10.9 Å². The lowest BCUT2D eigenvalue weighted by Gasteiger charge is -2.07. The summed E-state index contributed by atoms with van der Waals surface area (Å²) in [6.07, 6.45) is 2.15. The fourth-order valence-corrected chi connectivity index (χ4v) is 3.88. The second-order valence-electron chi connectivity index (χ2n) is 5.22. The summed E-state index contributed by atoms with van der Waals surface area (Å²) in [5, 5.41) is 7.54. The number of amides is 1.